The quantitative estimate of drug-likeness (QED) is 0.0222. The Kier molecular flexibility index (Phi) is 74.7. The number of rotatable bonds is 84. The normalized spacial score (nSPS) is 14.1. The lowest BCUT2D eigenvalue weighted by Gasteiger charge is -2.21. The molecule has 17 nitrogen and oxygen atoms in total. The van der Waals surface area contributed by atoms with E-state index in [2.05, 4.69) is 48.5 Å². The largest absolute Gasteiger partial charge is 0.472 e. The Balaban J connectivity index is 5.25. The Morgan fingerprint density at radius 1 is 0.276 bits per heavy atom. The summed E-state index contributed by atoms with van der Waals surface area (Å²) in [4.78, 5) is 73.3. The van der Waals surface area contributed by atoms with E-state index in [0.717, 1.165) is 108 Å². The summed E-state index contributed by atoms with van der Waals surface area (Å²) in [6, 6.07) is 0. The van der Waals surface area contributed by atoms with Gasteiger partial charge in [0.1, 0.15) is 19.3 Å². The maximum Gasteiger partial charge on any atom is 0.472 e. The van der Waals surface area contributed by atoms with Crippen LogP contribution in [-0.4, -0.2) is 96.7 Å². The van der Waals surface area contributed by atoms with Gasteiger partial charge in [0.15, 0.2) is 12.2 Å². The number of esters is 4. The molecule has 0 fully saturated rings. The summed E-state index contributed by atoms with van der Waals surface area (Å²) in [5, 5.41) is 10.7. The number of aliphatic hydroxyl groups excluding tert-OH is 1. The maximum absolute atomic E-state index is 13.1. The molecule has 0 saturated heterocycles. The Morgan fingerprint density at radius 3 is 0.724 bits per heavy atom. The number of unbranched alkanes of at least 4 members (excludes halogenated alkanes) is 51. The van der Waals surface area contributed by atoms with Crippen molar-refractivity contribution in [3.05, 3.63) is 0 Å². The third-order valence-electron chi connectivity index (χ3n) is 20.5. The molecule has 105 heavy (non-hydrogen) atoms. The molecule has 0 radical (unpaired) electrons. The van der Waals surface area contributed by atoms with E-state index in [-0.39, 0.29) is 25.7 Å². The van der Waals surface area contributed by atoms with Crippen molar-refractivity contribution in [3.8, 4) is 0 Å². The molecular formula is C86H168O17P2. The number of hydrogen-bond donors (Lipinski definition) is 3. The van der Waals surface area contributed by atoms with Crippen LogP contribution < -0.4 is 0 Å². The first kappa shape index (κ1) is 103. The highest BCUT2D eigenvalue weighted by molar-refractivity contribution is 7.47. The van der Waals surface area contributed by atoms with Gasteiger partial charge in [-0.25, -0.2) is 9.13 Å². The number of carbonyl (C=O) groups excluding carboxylic acids is 4. The fraction of sp³-hybridized carbons (Fsp3) is 0.953. The number of ether oxygens (including phenoxy) is 4. The van der Waals surface area contributed by atoms with Crippen LogP contribution >= 0.6 is 15.6 Å². The van der Waals surface area contributed by atoms with Gasteiger partial charge in [0, 0.05) is 25.7 Å². The van der Waals surface area contributed by atoms with Crippen molar-refractivity contribution in [2.45, 2.75) is 471 Å². The lowest BCUT2D eigenvalue weighted by Crippen LogP contribution is -2.30. The minimum atomic E-state index is -4.97. The second kappa shape index (κ2) is 76.1. The molecular weight excluding hydrogens is 1370 g/mol. The zero-order chi connectivity index (χ0) is 77.2. The molecule has 0 bridgehead atoms. The van der Waals surface area contributed by atoms with Crippen molar-refractivity contribution in [1.82, 2.24) is 0 Å². The van der Waals surface area contributed by atoms with Gasteiger partial charge in [0.2, 0.25) is 0 Å². The van der Waals surface area contributed by atoms with Crippen LogP contribution in [-0.2, 0) is 65.4 Å². The first-order chi connectivity index (χ1) is 50.8. The lowest BCUT2D eigenvalue weighted by molar-refractivity contribution is -0.161. The standard InChI is InChI=1S/C86H168O17P2/c1-8-10-11-12-13-14-15-16-21-29-34-39-48-55-62-69-86(91)103-82(74-97-84(89)68-61-54-47-42-41-45-52-59-66-79(7)9-2)76-101-105(94,95)99-72-80(87)71-98-104(92,93)100-75-81(73-96-83(88)67-60-53-46-38-33-28-25-24-27-32-37-44-51-58-65-78(5)6)102-85(90)70-63-56-49-40-35-30-23-20-18-17-19-22-26-31-36-43-50-57-64-77(3)4/h77-82,87H,8-76H2,1-7H3,(H,92,93)(H,94,95)/t79?,80-,81-,82-/m1/s1. The summed E-state index contributed by atoms with van der Waals surface area (Å²) in [7, 11) is -9.93. The van der Waals surface area contributed by atoms with Crippen molar-refractivity contribution >= 4 is 39.5 Å². The van der Waals surface area contributed by atoms with E-state index in [1.165, 1.54) is 263 Å². The van der Waals surface area contributed by atoms with Gasteiger partial charge in [-0.15, -0.1) is 0 Å². The van der Waals surface area contributed by atoms with E-state index >= 15 is 0 Å². The predicted octanol–water partition coefficient (Wildman–Crippen LogP) is 26.1. The highest BCUT2D eigenvalue weighted by Gasteiger charge is 2.30. The monoisotopic (exact) mass is 1540 g/mol. The van der Waals surface area contributed by atoms with Crippen LogP contribution in [0.15, 0.2) is 0 Å². The molecule has 0 aliphatic rings. The molecule has 0 aliphatic carbocycles. The highest BCUT2D eigenvalue weighted by atomic mass is 31.2. The fourth-order valence-electron chi connectivity index (χ4n) is 13.3. The van der Waals surface area contributed by atoms with Gasteiger partial charge in [0.25, 0.3) is 0 Å². The van der Waals surface area contributed by atoms with Crippen molar-refractivity contribution in [1.29, 1.82) is 0 Å². The fourth-order valence-corrected chi connectivity index (χ4v) is 14.9. The molecule has 6 atom stereocenters. The van der Waals surface area contributed by atoms with E-state index in [1.807, 2.05) is 0 Å². The Bertz CT molecular complexity index is 2030. The van der Waals surface area contributed by atoms with Crippen LogP contribution in [0.2, 0.25) is 0 Å². The molecule has 0 aromatic heterocycles. The van der Waals surface area contributed by atoms with Gasteiger partial charge in [-0.3, -0.25) is 37.3 Å². The average molecular weight is 1540 g/mol. The van der Waals surface area contributed by atoms with E-state index in [0.29, 0.717) is 25.7 Å². The number of phosphoric acid groups is 2. The molecule has 3 unspecified atom stereocenters. The Hall–Kier alpha value is -1.94. The molecule has 624 valence electrons. The number of hydrogen-bond acceptors (Lipinski definition) is 15. The Morgan fingerprint density at radius 2 is 0.486 bits per heavy atom. The summed E-state index contributed by atoms with van der Waals surface area (Å²) in [5.41, 5.74) is 0. The zero-order valence-corrected chi connectivity index (χ0v) is 71.0. The van der Waals surface area contributed by atoms with Crippen LogP contribution in [0.5, 0.6) is 0 Å². The van der Waals surface area contributed by atoms with Gasteiger partial charge in [-0.05, 0) is 43.4 Å². The van der Waals surface area contributed by atoms with Crippen LogP contribution in [0.3, 0.4) is 0 Å². The SMILES string of the molecule is CCCCCCCCCCCCCCCCCC(=O)O[C@H](COC(=O)CCCCCCCCCCC(C)CC)COP(=O)(O)OC[C@H](O)COP(=O)(O)OC[C@@H](COC(=O)CCCCCCCCCCCCCCCCC(C)C)OC(=O)CCCCCCCCCCCCCCCCCCCCC(C)C. The Labute approximate surface area is 645 Å². The van der Waals surface area contributed by atoms with Crippen molar-refractivity contribution in [2.75, 3.05) is 39.6 Å². The van der Waals surface area contributed by atoms with Gasteiger partial charge < -0.3 is 33.8 Å². The van der Waals surface area contributed by atoms with E-state index in [4.69, 9.17) is 37.0 Å². The summed E-state index contributed by atoms with van der Waals surface area (Å²) in [5.74, 6) is 0.294. The van der Waals surface area contributed by atoms with E-state index < -0.39 is 97.5 Å². The van der Waals surface area contributed by atoms with Gasteiger partial charge in [0.05, 0.1) is 26.4 Å². The second-order valence-electron chi connectivity index (χ2n) is 32.1. The molecule has 0 aromatic rings. The summed E-state index contributed by atoms with van der Waals surface area (Å²) >= 11 is 0. The van der Waals surface area contributed by atoms with Crippen LogP contribution in [0.4, 0.5) is 0 Å². The maximum atomic E-state index is 13.1. The summed E-state index contributed by atoms with van der Waals surface area (Å²) < 4.78 is 68.9. The van der Waals surface area contributed by atoms with Crippen molar-refractivity contribution in [3.63, 3.8) is 0 Å². The second-order valence-corrected chi connectivity index (χ2v) is 35.0. The van der Waals surface area contributed by atoms with Crippen molar-refractivity contribution < 1.29 is 80.2 Å². The smallest absolute Gasteiger partial charge is 0.462 e. The third kappa shape index (κ3) is 78.5. The third-order valence-corrected chi connectivity index (χ3v) is 22.4. The first-order valence-electron chi connectivity index (χ1n) is 44.4. The van der Waals surface area contributed by atoms with Gasteiger partial charge in [-0.1, -0.05) is 402 Å². The molecule has 0 aliphatic heterocycles. The summed E-state index contributed by atoms with van der Waals surface area (Å²) in [6.45, 7) is 12.0. The van der Waals surface area contributed by atoms with Gasteiger partial charge >= 0.3 is 39.5 Å². The van der Waals surface area contributed by atoms with Crippen LogP contribution in [0.25, 0.3) is 0 Å². The molecule has 3 N–H and O–H groups in total. The highest BCUT2D eigenvalue weighted by Crippen LogP contribution is 2.45. The van der Waals surface area contributed by atoms with Gasteiger partial charge in [-0.2, -0.15) is 0 Å². The molecule has 0 saturated carbocycles. The first-order valence-corrected chi connectivity index (χ1v) is 47.4. The lowest BCUT2D eigenvalue weighted by atomic mass is 9.99. The minimum absolute atomic E-state index is 0.108. The topological polar surface area (TPSA) is 237 Å². The molecule has 0 aromatic carbocycles. The van der Waals surface area contributed by atoms with Crippen LogP contribution in [0, 0.1) is 17.8 Å². The van der Waals surface area contributed by atoms with E-state index in [1.54, 1.807) is 0 Å². The average Bonchev–Trinajstić information content (AvgIpc) is 0.918. The molecule has 0 spiro atoms. The molecule has 0 rings (SSSR count). The number of phosphoric ester groups is 2. The minimum Gasteiger partial charge on any atom is -0.462 e. The van der Waals surface area contributed by atoms with E-state index in [9.17, 15) is 43.2 Å². The molecule has 19 heteroatoms. The van der Waals surface area contributed by atoms with Crippen molar-refractivity contribution in [2.24, 2.45) is 17.8 Å². The zero-order valence-electron chi connectivity index (χ0n) is 69.2. The predicted molar refractivity (Wildman–Crippen MR) is 432 cm³/mol. The summed E-state index contributed by atoms with van der Waals surface area (Å²) in [6.07, 6.45) is 66.5. The number of carbonyl (C=O) groups is 4. The molecule has 0 amide bonds. The number of aliphatic hydroxyl groups is 1. The van der Waals surface area contributed by atoms with Crippen LogP contribution in [0.1, 0.15) is 453 Å². The molecule has 0 heterocycles.